The van der Waals surface area contributed by atoms with Gasteiger partial charge in [-0.2, -0.15) is 0 Å². The van der Waals surface area contributed by atoms with Gasteiger partial charge in [0.05, 0.1) is 40.9 Å². The lowest BCUT2D eigenvalue weighted by Gasteiger charge is -2.49. The Kier molecular flexibility index (Phi) is 22.4. The molecule has 4 amide bonds. The molecule has 11 aromatic heterocycles. The number of pyridine rings is 7. The number of imidazole rings is 2. The van der Waals surface area contributed by atoms with E-state index in [0.29, 0.717) is 86.8 Å². The molecule has 10 fully saturated rings. The topological polar surface area (TPSA) is 270 Å². The molecule has 8 bridgehead atoms. The van der Waals surface area contributed by atoms with Crippen molar-refractivity contribution in [1.82, 2.24) is 83.6 Å². The molecule has 592 valence electrons. The number of benzene rings is 1. The van der Waals surface area contributed by atoms with E-state index in [1.807, 2.05) is 215 Å². The molecule has 25 nitrogen and oxygen atoms in total. The summed E-state index contributed by atoms with van der Waals surface area (Å²) in [6, 6.07) is 34.7. The number of aromatic nitrogens is 13. The molecule has 12 atom stereocenters. The van der Waals surface area contributed by atoms with Crippen LogP contribution in [0.15, 0.2) is 201 Å². The molecule has 4 saturated carbocycles. The van der Waals surface area contributed by atoms with Crippen LogP contribution in [-0.2, 0) is 14.1 Å². The number of rotatable bonds is 16. The number of hydrogen-bond acceptors (Lipinski definition) is 21. The molecule has 10 aliphatic rings. The van der Waals surface area contributed by atoms with Crippen LogP contribution >= 0.6 is 22.7 Å². The lowest BCUT2D eigenvalue weighted by Crippen LogP contribution is -2.59. The van der Waals surface area contributed by atoms with E-state index in [4.69, 9.17) is 18.9 Å². The Morgan fingerprint density at radius 1 is 0.345 bits per heavy atom. The number of thiazole rings is 2. The van der Waals surface area contributed by atoms with Gasteiger partial charge in [0.2, 0.25) is 23.5 Å². The van der Waals surface area contributed by atoms with E-state index in [1.54, 1.807) is 55.6 Å². The van der Waals surface area contributed by atoms with E-state index in [-0.39, 0.29) is 72.2 Å². The second-order valence-electron chi connectivity index (χ2n) is 31.6. The standard InChI is InChI=1S/C23H24N4O2.C22H23N5O2.2C22H22N4O2S/c1-15-7-8-21(25-13-15)29-20-12-16-11-19(20)27(14-16)23(28)18-6-4-3-5-17(18)22-24-9-10-26(22)2;1-14-5-6-19(25-12-14)29-18-11-15-10-17(18)27(13-15)22(28)16-4-3-7-23-20(16)21-24-8-9-26(21)2;1-14-4-7-19(25-12-14)28-18-11-15-5-6-17(18)26(13-15)22(27)16-3-2-8-23-20(16)21-24-9-10-29-21;1-14-4-7-19(25-12-14)28-18-11-15-5-6-17(18)26(13-15)22(27)20-16(3-2-8-23-20)21-24-9-10-29-21/h3-10,13,16,19-20H,11-12,14H2,1-2H3;3-9,12,15,17-18H,10-11,13H2,1-2H3;2*2-4,7-10,12,15,17-18H,5-6,11,13H2,1H3. The fourth-order valence-electron chi connectivity index (χ4n) is 18.0. The molecule has 17 heterocycles. The van der Waals surface area contributed by atoms with Crippen molar-refractivity contribution in [2.24, 2.45) is 37.8 Å². The molecular formula is C89H91N17O8S2. The fraction of sp³-hybridized carbons (Fsp3) is 0.360. The summed E-state index contributed by atoms with van der Waals surface area (Å²) in [6.45, 7) is 11.1. The first-order chi connectivity index (χ1) is 56.6. The summed E-state index contributed by atoms with van der Waals surface area (Å²) in [6.07, 6.45) is 33.0. The Morgan fingerprint density at radius 2 is 0.741 bits per heavy atom. The van der Waals surface area contributed by atoms with Gasteiger partial charge in [-0.1, -0.05) is 42.5 Å². The second kappa shape index (κ2) is 33.8. The quantitative estimate of drug-likeness (QED) is 0.0869. The summed E-state index contributed by atoms with van der Waals surface area (Å²) in [7, 11) is 3.85. The van der Waals surface area contributed by atoms with E-state index in [9.17, 15) is 19.2 Å². The number of piperidine rings is 6. The molecule has 4 aliphatic carbocycles. The van der Waals surface area contributed by atoms with Crippen molar-refractivity contribution < 1.29 is 38.1 Å². The Bertz CT molecular complexity index is 5110. The van der Waals surface area contributed by atoms with Crippen molar-refractivity contribution in [3.63, 3.8) is 0 Å². The molecule has 12 unspecified atom stereocenters. The summed E-state index contributed by atoms with van der Waals surface area (Å²) in [5.41, 5.74) is 9.71. The highest BCUT2D eigenvalue weighted by atomic mass is 32.1. The highest BCUT2D eigenvalue weighted by Gasteiger charge is 2.52. The van der Waals surface area contributed by atoms with Gasteiger partial charge in [0, 0.05) is 167 Å². The molecule has 6 aliphatic heterocycles. The summed E-state index contributed by atoms with van der Waals surface area (Å²) in [4.78, 5) is 110. The van der Waals surface area contributed by atoms with Crippen LogP contribution < -0.4 is 18.9 Å². The third kappa shape index (κ3) is 16.4. The van der Waals surface area contributed by atoms with Crippen molar-refractivity contribution in [3.8, 4) is 67.7 Å². The molecule has 0 radical (unpaired) electrons. The van der Waals surface area contributed by atoms with E-state index < -0.39 is 0 Å². The minimum atomic E-state index is -0.0336. The summed E-state index contributed by atoms with van der Waals surface area (Å²) in [5, 5.41) is 5.41. The second-order valence-corrected chi connectivity index (χ2v) is 33.4. The minimum absolute atomic E-state index is 0.00577. The number of amides is 4. The average molecular weight is 1590 g/mol. The number of likely N-dealkylation sites (tertiary alicyclic amines) is 2. The summed E-state index contributed by atoms with van der Waals surface area (Å²) < 4.78 is 28.6. The zero-order valence-corrected chi connectivity index (χ0v) is 67.2. The molecule has 1 aromatic carbocycles. The first-order valence-corrected chi connectivity index (χ1v) is 41.6. The Morgan fingerprint density at radius 3 is 1.20 bits per heavy atom. The SMILES string of the molecule is Cc1ccc(OC2CC3CC2N(C(=O)c2ccccc2-c2nccn2C)C3)nc1.Cc1ccc(OC2CC3CC2N(C(=O)c2cccnc2-c2nccn2C)C3)nc1.Cc1ccc(OC2CC3CCC2N(C(=O)c2cccnc2-c2nccs2)C3)nc1.Cc1ccc(OC2CC3CCC2N(C(=O)c2ncccc2-c2nccs2)C3)nc1. The normalized spacial score (nSPS) is 23.0. The maximum absolute atomic E-state index is 13.5. The van der Waals surface area contributed by atoms with Crippen molar-refractivity contribution in [3.05, 3.63) is 245 Å². The van der Waals surface area contributed by atoms with Crippen LogP contribution in [-0.4, -0.2) is 182 Å². The molecular weight excluding hydrogens is 1500 g/mol. The average Bonchev–Trinajstić information content (AvgIpc) is 0.927. The first-order valence-electron chi connectivity index (χ1n) is 39.9. The van der Waals surface area contributed by atoms with Crippen molar-refractivity contribution in [2.45, 2.75) is 140 Å². The number of hydrogen-bond donors (Lipinski definition) is 0. The fourth-order valence-corrected chi connectivity index (χ4v) is 19.3. The molecule has 22 rings (SSSR count). The maximum Gasteiger partial charge on any atom is 0.273 e. The highest BCUT2D eigenvalue weighted by molar-refractivity contribution is 7.13. The zero-order chi connectivity index (χ0) is 79.5. The Balaban J connectivity index is 0.000000111. The molecule has 0 N–H and O–H groups in total. The molecule has 116 heavy (non-hydrogen) atoms. The Hall–Kier alpha value is -12.0. The monoisotopic (exact) mass is 1590 g/mol. The molecule has 6 saturated heterocycles. The maximum atomic E-state index is 13.5. The van der Waals surface area contributed by atoms with Crippen LogP contribution in [0.3, 0.4) is 0 Å². The highest BCUT2D eigenvalue weighted by Crippen LogP contribution is 2.45. The van der Waals surface area contributed by atoms with Gasteiger partial charge in [-0.05, 0) is 180 Å². The van der Waals surface area contributed by atoms with Gasteiger partial charge in [-0.15, -0.1) is 22.7 Å². The van der Waals surface area contributed by atoms with Gasteiger partial charge in [-0.25, -0.2) is 39.9 Å². The van der Waals surface area contributed by atoms with Gasteiger partial charge in [0.1, 0.15) is 57.3 Å². The number of carbonyl (C=O) groups excluding carboxylic acids is 4. The number of nitrogens with zero attached hydrogens (tertiary/aromatic N) is 17. The van der Waals surface area contributed by atoms with Gasteiger partial charge in [0.15, 0.2) is 5.82 Å². The van der Waals surface area contributed by atoms with Crippen LogP contribution in [0.4, 0.5) is 0 Å². The third-order valence-electron chi connectivity index (χ3n) is 23.6. The number of aryl methyl sites for hydroxylation is 6. The lowest BCUT2D eigenvalue weighted by atomic mass is 9.77. The van der Waals surface area contributed by atoms with Crippen molar-refractivity contribution in [1.29, 1.82) is 0 Å². The van der Waals surface area contributed by atoms with Crippen molar-refractivity contribution >= 4 is 46.3 Å². The third-order valence-corrected chi connectivity index (χ3v) is 25.2. The molecule has 0 spiro atoms. The zero-order valence-electron chi connectivity index (χ0n) is 65.6. The number of carbonyl (C=O) groups is 4. The van der Waals surface area contributed by atoms with Gasteiger partial charge in [0.25, 0.3) is 23.6 Å². The van der Waals surface area contributed by atoms with E-state index >= 15 is 0 Å². The van der Waals surface area contributed by atoms with Crippen LogP contribution in [0, 0.1) is 51.4 Å². The summed E-state index contributed by atoms with van der Waals surface area (Å²) >= 11 is 3.01. The van der Waals surface area contributed by atoms with E-state index in [1.165, 1.54) is 22.7 Å². The van der Waals surface area contributed by atoms with Crippen LogP contribution in [0.25, 0.3) is 44.2 Å². The largest absolute Gasteiger partial charge is 0.472 e. The smallest absolute Gasteiger partial charge is 0.273 e. The van der Waals surface area contributed by atoms with Gasteiger partial charge < -0.3 is 47.7 Å². The number of fused-ring (bicyclic) bond motifs is 10. The van der Waals surface area contributed by atoms with Crippen LogP contribution in [0.5, 0.6) is 23.5 Å². The number of ether oxygens (including phenoxy) is 4. The van der Waals surface area contributed by atoms with Crippen LogP contribution in [0.1, 0.15) is 128 Å². The lowest BCUT2D eigenvalue weighted by molar-refractivity contribution is -0.0315. The Labute approximate surface area is 681 Å². The first kappa shape index (κ1) is 76.6. The van der Waals surface area contributed by atoms with E-state index in [0.717, 1.165) is 140 Å². The molecule has 12 aromatic rings. The van der Waals surface area contributed by atoms with Crippen molar-refractivity contribution in [2.75, 3.05) is 26.2 Å². The predicted molar refractivity (Wildman–Crippen MR) is 439 cm³/mol. The van der Waals surface area contributed by atoms with Crippen LogP contribution in [0.2, 0.25) is 0 Å². The van der Waals surface area contributed by atoms with Gasteiger partial charge >= 0.3 is 0 Å². The summed E-state index contributed by atoms with van der Waals surface area (Å²) in [5.74, 6) is 5.90. The molecule has 27 heteroatoms. The minimum Gasteiger partial charge on any atom is -0.472 e. The predicted octanol–water partition coefficient (Wildman–Crippen LogP) is 14.3. The van der Waals surface area contributed by atoms with Gasteiger partial charge in [-0.3, -0.25) is 34.1 Å². The van der Waals surface area contributed by atoms with E-state index in [2.05, 4.69) is 54.8 Å².